The number of aliphatic hydroxyl groups is 1. The van der Waals surface area contributed by atoms with Gasteiger partial charge in [-0.1, -0.05) is 23.5 Å². The van der Waals surface area contributed by atoms with E-state index in [2.05, 4.69) is 5.32 Å². The number of aromatic nitrogens is 1. The Morgan fingerprint density at radius 3 is 2.75 bits per heavy atom. The van der Waals surface area contributed by atoms with Gasteiger partial charge in [0.05, 0.1) is 11.4 Å². The van der Waals surface area contributed by atoms with Crippen molar-refractivity contribution in [3.8, 4) is 0 Å². The van der Waals surface area contributed by atoms with E-state index in [1.807, 2.05) is 0 Å². The molecule has 0 aliphatic carbocycles. The zero-order valence-electron chi connectivity index (χ0n) is 10.4. The van der Waals surface area contributed by atoms with Crippen LogP contribution in [-0.2, 0) is 4.79 Å². The van der Waals surface area contributed by atoms with Crippen LogP contribution >= 0.6 is 11.3 Å². The summed E-state index contributed by atoms with van der Waals surface area (Å²) in [6.45, 7) is 0. The van der Waals surface area contributed by atoms with Crippen molar-refractivity contribution in [3.63, 3.8) is 0 Å². The molecule has 0 spiro atoms. The Labute approximate surface area is 117 Å². The molecule has 2 aromatic rings. The van der Waals surface area contributed by atoms with Gasteiger partial charge in [-0.05, 0) is 18.6 Å². The molecule has 20 heavy (non-hydrogen) atoms. The summed E-state index contributed by atoms with van der Waals surface area (Å²) >= 11 is 0.963. The summed E-state index contributed by atoms with van der Waals surface area (Å²) in [5, 5.41) is 12.7. The Hall–Kier alpha value is -1.99. The van der Waals surface area contributed by atoms with Gasteiger partial charge in [-0.15, -0.1) is 0 Å². The van der Waals surface area contributed by atoms with Crippen LogP contribution in [0.1, 0.15) is 18.9 Å². The van der Waals surface area contributed by atoms with E-state index in [4.69, 9.17) is 0 Å². The fourth-order valence-corrected chi connectivity index (χ4v) is 3.33. The van der Waals surface area contributed by atoms with Gasteiger partial charge in [0.15, 0.2) is 0 Å². The predicted octanol–water partition coefficient (Wildman–Crippen LogP) is 0.193. The van der Waals surface area contributed by atoms with E-state index in [0.29, 0.717) is 10.1 Å². The number of piperidine rings is 1. The topological polar surface area (TPSA) is 88.4 Å². The first-order valence-corrected chi connectivity index (χ1v) is 7.01. The molecule has 2 N–H and O–H groups in total. The van der Waals surface area contributed by atoms with E-state index in [1.165, 1.54) is 0 Å². The van der Waals surface area contributed by atoms with Crippen LogP contribution in [-0.4, -0.2) is 21.8 Å². The number of benzene rings is 1. The van der Waals surface area contributed by atoms with Crippen LogP contribution in [0.2, 0.25) is 0 Å². The highest BCUT2D eigenvalue weighted by Gasteiger charge is 2.30. The normalized spacial score (nSPS) is 22.8. The third kappa shape index (κ3) is 2.04. The summed E-state index contributed by atoms with van der Waals surface area (Å²) in [5.41, 5.74) is -0.426. The number of aliphatic hydroxyl groups excluding tert-OH is 1. The molecule has 1 fully saturated rings. The third-order valence-corrected chi connectivity index (χ3v) is 4.35. The molecular formula is C13H12N2O4S. The van der Waals surface area contributed by atoms with Crippen molar-refractivity contribution in [3.05, 3.63) is 44.3 Å². The summed E-state index contributed by atoms with van der Waals surface area (Å²) in [4.78, 5) is 35.3. The van der Waals surface area contributed by atoms with Gasteiger partial charge in [-0.3, -0.25) is 19.0 Å². The molecule has 2 heterocycles. The first kappa shape index (κ1) is 13.0. The van der Waals surface area contributed by atoms with E-state index in [-0.39, 0.29) is 18.7 Å². The molecule has 1 amide bonds. The van der Waals surface area contributed by atoms with Crippen LogP contribution in [0.3, 0.4) is 0 Å². The quantitative estimate of drug-likeness (QED) is 0.785. The molecule has 0 radical (unpaired) electrons. The average Bonchev–Trinajstić information content (AvgIpc) is 2.41. The Kier molecular flexibility index (Phi) is 3.15. The minimum atomic E-state index is -1.21. The van der Waals surface area contributed by atoms with Gasteiger partial charge < -0.3 is 10.4 Å². The number of hydrogen-bond donors (Lipinski definition) is 2. The molecule has 1 aromatic heterocycles. The van der Waals surface area contributed by atoms with Crippen LogP contribution < -0.4 is 15.7 Å². The van der Waals surface area contributed by atoms with Gasteiger partial charge in [-0.2, -0.15) is 0 Å². The van der Waals surface area contributed by atoms with E-state index >= 15 is 0 Å². The van der Waals surface area contributed by atoms with Crippen molar-refractivity contribution in [1.82, 2.24) is 9.88 Å². The average molecular weight is 292 g/mol. The minimum Gasteiger partial charge on any atom is -0.371 e. The summed E-state index contributed by atoms with van der Waals surface area (Å²) in [7, 11) is 0. The molecule has 2 unspecified atom stereocenters. The van der Waals surface area contributed by atoms with Crippen LogP contribution in [0.25, 0.3) is 10.1 Å². The minimum absolute atomic E-state index is 0.186. The fraction of sp³-hybridized carbons (Fsp3) is 0.308. The lowest BCUT2D eigenvalue weighted by Crippen LogP contribution is -2.50. The molecule has 3 rings (SSSR count). The Balaban J connectivity index is 2.19. The largest absolute Gasteiger partial charge is 0.371 e. The predicted molar refractivity (Wildman–Crippen MR) is 74.8 cm³/mol. The van der Waals surface area contributed by atoms with Crippen molar-refractivity contribution in [1.29, 1.82) is 0 Å². The summed E-state index contributed by atoms with van der Waals surface area (Å²) in [6.07, 6.45) is -0.756. The second kappa shape index (κ2) is 4.84. The molecule has 0 saturated carbocycles. The van der Waals surface area contributed by atoms with Crippen LogP contribution in [0.15, 0.2) is 33.9 Å². The van der Waals surface area contributed by atoms with Crippen LogP contribution in [0.4, 0.5) is 0 Å². The van der Waals surface area contributed by atoms with Gasteiger partial charge in [0, 0.05) is 11.1 Å². The first-order valence-electron chi connectivity index (χ1n) is 6.20. The number of nitrogens with one attached hydrogen (secondary N) is 1. The Bertz CT molecular complexity index is 795. The zero-order valence-corrected chi connectivity index (χ0v) is 11.2. The smallest absolute Gasteiger partial charge is 0.310 e. The second-order valence-electron chi connectivity index (χ2n) is 4.66. The second-order valence-corrected chi connectivity index (χ2v) is 5.65. The lowest BCUT2D eigenvalue weighted by molar-refractivity contribution is -0.128. The van der Waals surface area contributed by atoms with Crippen molar-refractivity contribution in [2.24, 2.45) is 0 Å². The Morgan fingerprint density at radius 2 is 2.00 bits per heavy atom. The number of fused-ring (bicyclic) bond motifs is 1. The van der Waals surface area contributed by atoms with E-state index in [9.17, 15) is 19.5 Å². The fourth-order valence-electron chi connectivity index (χ4n) is 2.41. The lowest BCUT2D eigenvalue weighted by atomic mass is 10.1. The van der Waals surface area contributed by atoms with Gasteiger partial charge in [-0.25, -0.2) is 0 Å². The SMILES string of the molecule is O=C1CCC(n2c(=O)sc3ccccc3c2=O)C(O)N1. The maximum Gasteiger partial charge on any atom is 0.310 e. The number of amides is 1. The molecule has 1 aromatic carbocycles. The van der Waals surface area contributed by atoms with Crippen LogP contribution in [0.5, 0.6) is 0 Å². The molecule has 1 aliphatic heterocycles. The van der Waals surface area contributed by atoms with E-state index in [0.717, 1.165) is 15.9 Å². The van der Waals surface area contributed by atoms with Gasteiger partial charge >= 0.3 is 4.87 Å². The van der Waals surface area contributed by atoms with Gasteiger partial charge in [0.2, 0.25) is 5.91 Å². The maximum absolute atomic E-state index is 12.4. The third-order valence-electron chi connectivity index (χ3n) is 3.40. The summed E-state index contributed by atoms with van der Waals surface area (Å²) in [6, 6.07) is 6.14. The lowest BCUT2D eigenvalue weighted by Gasteiger charge is -2.29. The van der Waals surface area contributed by atoms with Crippen molar-refractivity contribution < 1.29 is 9.90 Å². The Morgan fingerprint density at radius 1 is 1.25 bits per heavy atom. The van der Waals surface area contributed by atoms with E-state index in [1.54, 1.807) is 24.3 Å². The highest BCUT2D eigenvalue weighted by Crippen LogP contribution is 2.20. The van der Waals surface area contributed by atoms with Crippen LogP contribution in [0, 0.1) is 0 Å². The number of rotatable bonds is 1. The number of nitrogens with zero attached hydrogens (tertiary/aromatic N) is 1. The number of carbonyl (C=O) groups is 1. The molecule has 6 nitrogen and oxygen atoms in total. The van der Waals surface area contributed by atoms with Crippen molar-refractivity contribution in [2.45, 2.75) is 25.1 Å². The van der Waals surface area contributed by atoms with Gasteiger partial charge in [0.25, 0.3) is 5.56 Å². The standard InChI is InChI=1S/C13H12N2O4S/c16-10-6-5-8(11(17)14-10)15-12(18)7-3-1-2-4-9(7)20-13(15)19/h1-4,8,11,17H,5-6H2,(H,14,16). The van der Waals surface area contributed by atoms with E-state index < -0.39 is 22.7 Å². The molecule has 104 valence electrons. The molecule has 2 atom stereocenters. The van der Waals surface area contributed by atoms with Crippen molar-refractivity contribution in [2.75, 3.05) is 0 Å². The molecule has 0 bridgehead atoms. The summed E-state index contributed by atoms with van der Waals surface area (Å²) in [5.74, 6) is -0.279. The van der Waals surface area contributed by atoms with Gasteiger partial charge in [0.1, 0.15) is 6.23 Å². The maximum atomic E-state index is 12.4. The highest BCUT2D eigenvalue weighted by molar-refractivity contribution is 7.16. The van der Waals surface area contributed by atoms with Crippen molar-refractivity contribution >= 4 is 27.3 Å². The zero-order chi connectivity index (χ0) is 14.3. The number of carbonyl (C=O) groups excluding carboxylic acids is 1. The molecule has 7 heteroatoms. The molecule has 1 aliphatic rings. The molecular weight excluding hydrogens is 280 g/mol. The summed E-state index contributed by atoms with van der Waals surface area (Å²) < 4.78 is 1.67. The monoisotopic (exact) mass is 292 g/mol. The molecule has 1 saturated heterocycles. The number of hydrogen-bond acceptors (Lipinski definition) is 5. The highest BCUT2D eigenvalue weighted by atomic mass is 32.1. The first-order chi connectivity index (χ1) is 9.58.